The van der Waals surface area contributed by atoms with Gasteiger partial charge in [0.05, 0.1) is 18.1 Å². The molecule has 0 aliphatic rings. The predicted molar refractivity (Wildman–Crippen MR) is 110 cm³/mol. The van der Waals surface area contributed by atoms with E-state index >= 15 is 0 Å². The van der Waals surface area contributed by atoms with Crippen molar-refractivity contribution in [3.63, 3.8) is 0 Å². The summed E-state index contributed by atoms with van der Waals surface area (Å²) < 4.78 is 7.87. The van der Waals surface area contributed by atoms with Crippen molar-refractivity contribution < 1.29 is 4.74 Å². The first-order valence-corrected chi connectivity index (χ1v) is 8.84. The smallest absolute Gasteiger partial charge is 0.119 e. The summed E-state index contributed by atoms with van der Waals surface area (Å²) in [5, 5.41) is 5.04. The van der Waals surface area contributed by atoms with Crippen LogP contribution in [0, 0.1) is 6.92 Å². The Hall–Kier alpha value is -3.26. The summed E-state index contributed by atoms with van der Waals surface area (Å²) in [7, 11) is 1.72. The summed E-state index contributed by atoms with van der Waals surface area (Å²) >= 11 is 0. The Morgan fingerprint density at radius 2 is 1.54 bits per heavy atom. The third-order valence-electron chi connectivity index (χ3n) is 5.16. The van der Waals surface area contributed by atoms with Crippen LogP contribution in [-0.2, 0) is 0 Å². The maximum atomic E-state index is 5.50. The quantitative estimate of drug-likeness (QED) is 0.371. The second kappa shape index (κ2) is 5.63. The SMILES string of the molecule is COc1ccc2cc(C)c3c(c2c1)c1ccccc1n3-c1ccccc1. The van der Waals surface area contributed by atoms with Gasteiger partial charge in [-0.2, -0.15) is 0 Å². The molecular formula is C24H19NO. The van der Waals surface area contributed by atoms with Gasteiger partial charge in [-0.15, -0.1) is 0 Å². The highest BCUT2D eigenvalue weighted by Gasteiger charge is 2.16. The molecule has 0 saturated carbocycles. The first-order chi connectivity index (χ1) is 12.8. The van der Waals surface area contributed by atoms with Gasteiger partial charge >= 0.3 is 0 Å². The monoisotopic (exact) mass is 337 g/mol. The zero-order valence-corrected chi connectivity index (χ0v) is 14.9. The minimum atomic E-state index is 0.888. The van der Waals surface area contributed by atoms with E-state index in [4.69, 9.17) is 4.74 Å². The summed E-state index contributed by atoms with van der Waals surface area (Å²) in [6, 6.07) is 27.8. The average Bonchev–Trinajstić information content (AvgIpc) is 3.05. The molecule has 0 atom stereocenters. The number of fused-ring (bicyclic) bond motifs is 5. The van der Waals surface area contributed by atoms with Crippen LogP contribution in [0.1, 0.15) is 5.56 Å². The van der Waals surface area contributed by atoms with Crippen molar-refractivity contribution in [2.24, 2.45) is 0 Å². The number of aromatic nitrogens is 1. The molecule has 126 valence electrons. The molecule has 0 aliphatic heterocycles. The van der Waals surface area contributed by atoms with Crippen LogP contribution in [0.25, 0.3) is 38.3 Å². The summed E-state index contributed by atoms with van der Waals surface area (Å²) in [4.78, 5) is 0. The van der Waals surface area contributed by atoms with Crippen LogP contribution in [0.4, 0.5) is 0 Å². The minimum Gasteiger partial charge on any atom is -0.497 e. The molecule has 5 aromatic rings. The van der Waals surface area contributed by atoms with E-state index in [1.54, 1.807) is 7.11 Å². The van der Waals surface area contributed by atoms with Crippen LogP contribution in [-0.4, -0.2) is 11.7 Å². The lowest BCUT2D eigenvalue weighted by Crippen LogP contribution is -1.95. The Bertz CT molecular complexity index is 1270. The summed E-state index contributed by atoms with van der Waals surface area (Å²) in [5.41, 5.74) is 4.95. The topological polar surface area (TPSA) is 14.2 Å². The number of hydrogen-bond donors (Lipinski definition) is 0. The second-order valence-electron chi connectivity index (χ2n) is 6.69. The lowest BCUT2D eigenvalue weighted by Gasteiger charge is -2.11. The first kappa shape index (κ1) is 15.0. The molecule has 4 aromatic carbocycles. The molecule has 0 fully saturated rings. The number of rotatable bonds is 2. The largest absolute Gasteiger partial charge is 0.497 e. The fourth-order valence-corrected chi connectivity index (χ4v) is 4.04. The maximum absolute atomic E-state index is 5.50. The van der Waals surface area contributed by atoms with E-state index in [1.165, 1.54) is 43.8 Å². The van der Waals surface area contributed by atoms with E-state index in [2.05, 4.69) is 84.3 Å². The van der Waals surface area contributed by atoms with E-state index in [0.29, 0.717) is 0 Å². The third kappa shape index (κ3) is 2.05. The van der Waals surface area contributed by atoms with Gasteiger partial charge < -0.3 is 9.30 Å². The van der Waals surface area contributed by atoms with Gasteiger partial charge in [0.15, 0.2) is 0 Å². The van der Waals surface area contributed by atoms with Crippen molar-refractivity contribution in [1.29, 1.82) is 0 Å². The van der Waals surface area contributed by atoms with Gasteiger partial charge in [0.2, 0.25) is 0 Å². The standard InChI is InChI=1S/C24H19NO/c1-16-14-17-12-13-19(26-2)15-21(17)23-20-10-6-7-11-22(20)25(24(16)23)18-8-4-3-5-9-18/h3-15H,1-2H3. The molecule has 1 aromatic heterocycles. The number of ether oxygens (including phenoxy) is 1. The van der Waals surface area contributed by atoms with Crippen molar-refractivity contribution in [3.05, 3.63) is 84.4 Å². The molecule has 0 saturated heterocycles. The fraction of sp³-hybridized carbons (Fsp3) is 0.0833. The van der Waals surface area contributed by atoms with Crippen LogP contribution in [0.3, 0.4) is 0 Å². The van der Waals surface area contributed by atoms with E-state index in [1.807, 2.05) is 6.07 Å². The predicted octanol–water partition coefficient (Wildman–Crippen LogP) is 6.25. The Kier molecular flexibility index (Phi) is 3.26. The van der Waals surface area contributed by atoms with Crippen LogP contribution in [0.5, 0.6) is 5.75 Å². The van der Waals surface area contributed by atoms with Crippen LogP contribution in [0.15, 0.2) is 78.9 Å². The molecular weight excluding hydrogens is 318 g/mol. The molecule has 0 amide bonds. The summed E-state index contributed by atoms with van der Waals surface area (Å²) in [5.74, 6) is 0.888. The van der Waals surface area contributed by atoms with Gasteiger partial charge in [-0.3, -0.25) is 0 Å². The number of hydrogen-bond acceptors (Lipinski definition) is 1. The Balaban J connectivity index is 2.07. The molecule has 0 radical (unpaired) electrons. The molecule has 0 unspecified atom stereocenters. The number of methoxy groups -OCH3 is 1. The van der Waals surface area contributed by atoms with Gasteiger partial charge in [-0.05, 0) is 59.7 Å². The molecule has 1 heterocycles. The third-order valence-corrected chi connectivity index (χ3v) is 5.16. The fourth-order valence-electron chi connectivity index (χ4n) is 4.04. The molecule has 2 nitrogen and oxygen atoms in total. The van der Waals surface area contributed by atoms with E-state index in [0.717, 1.165) is 5.75 Å². The van der Waals surface area contributed by atoms with Gasteiger partial charge in [0.1, 0.15) is 5.75 Å². The van der Waals surface area contributed by atoms with Crippen molar-refractivity contribution in [2.45, 2.75) is 6.92 Å². The van der Waals surface area contributed by atoms with E-state index < -0.39 is 0 Å². The highest BCUT2D eigenvalue weighted by atomic mass is 16.5. The van der Waals surface area contributed by atoms with Crippen LogP contribution in [0.2, 0.25) is 0 Å². The van der Waals surface area contributed by atoms with E-state index in [-0.39, 0.29) is 0 Å². The minimum absolute atomic E-state index is 0.888. The lowest BCUT2D eigenvalue weighted by molar-refractivity contribution is 0.415. The van der Waals surface area contributed by atoms with Gasteiger partial charge in [-0.25, -0.2) is 0 Å². The second-order valence-corrected chi connectivity index (χ2v) is 6.69. The molecule has 0 N–H and O–H groups in total. The molecule has 26 heavy (non-hydrogen) atoms. The molecule has 0 spiro atoms. The van der Waals surface area contributed by atoms with Crippen molar-refractivity contribution >= 4 is 32.6 Å². The van der Waals surface area contributed by atoms with Gasteiger partial charge in [0, 0.05) is 16.5 Å². The first-order valence-electron chi connectivity index (χ1n) is 8.84. The normalized spacial score (nSPS) is 11.5. The van der Waals surface area contributed by atoms with Crippen LogP contribution < -0.4 is 4.74 Å². The Labute approximate surface area is 152 Å². The number of aryl methyl sites for hydroxylation is 1. The maximum Gasteiger partial charge on any atom is 0.119 e. The zero-order valence-electron chi connectivity index (χ0n) is 14.9. The highest BCUT2D eigenvalue weighted by Crippen LogP contribution is 2.39. The van der Waals surface area contributed by atoms with E-state index in [9.17, 15) is 0 Å². The number of nitrogens with zero attached hydrogens (tertiary/aromatic N) is 1. The molecule has 0 aliphatic carbocycles. The van der Waals surface area contributed by atoms with Crippen LogP contribution >= 0.6 is 0 Å². The zero-order chi connectivity index (χ0) is 17.7. The molecule has 5 rings (SSSR count). The highest BCUT2D eigenvalue weighted by molar-refractivity contribution is 6.22. The summed E-state index contributed by atoms with van der Waals surface area (Å²) in [6.07, 6.45) is 0. The molecule has 2 heteroatoms. The number of benzene rings is 4. The average molecular weight is 337 g/mol. The number of para-hydroxylation sites is 2. The van der Waals surface area contributed by atoms with Gasteiger partial charge in [-0.1, -0.05) is 42.5 Å². The molecule has 0 bridgehead atoms. The summed E-state index contributed by atoms with van der Waals surface area (Å²) in [6.45, 7) is 2.20. The van der Waals surface area contributed by atoms with Gasteiger partial charge in [0.25, 0.3) is 0 Å². The van der Waals surface area contributed by atoms with Crippen molar-refractivity contribution in [2.75, 3.05) is 7.11 Å². The van der Waals surface area contributed by atoms with Crippen molar-refractivity contribution in [3.8, 4) is 11.4 Å². The Morgan fingerprint density at radius 1 is 0.769 bits per heavy atom. The van der Waals surface area contributed by atoms with Crippen molar-refractivity contribution in [1.82, 2.24) is 4.57 Å². The Morgan fingerprint density at radius 3 is 2.35 bits per heavy atom. The lowest BCUT2D eigenvalue weighted by atomic mass is 10.0.